The lowest BCUT2D eigenvalue weighted by molar-refractivity contribution is -0.129. The van der Waals surface area contributed by atoms with Crippen LogP contribution in [0, 0.1) is 5.82 Å². The van der Waals surface area contributed by atoms with Crippen LogP contribution in [0.3, 0.4) is 0 Å². The molecule has 0 spiro atoms. The molecule has 6 nitrogen and oxygen atoms in total. The minimum Gasteiger partial charge on any atom is -0.383 e. The minimum atomic E-state index is -0.323. The lowest BCUT2D eigenvalue weighted by Gasteiger charge is -2.26. The molecule has 0 bridgehead atoms. The van der Waals surface area contributed by atoms with E-state index in [9.17, 15) is 14.0 Å². The van der Waals surface area contributed by atoms with Gasteiger partial charge in [0, 0.05) is 31.1 Å². The highest BCUT2D eigenvalue weighted by molar-refractivity contribution is 7.99. The summed E-state index contributed by atoms with van der Waals surface area (Å²) >= 11 is 2.68. The van der Waals surface area contributed by atoms with Crippen molar-refractivity contribution in [3.05, 3.63) is 45.8 Å². The van der Waals surface area contributed by atoms with Crippen molar-refractivity contribution in [2.45, 2.75) is 31.0 Å². The Balaban J connectivity index is 1.67. The van der Waals surface area contributed by atoms with Gasteiger partial charge in [0.1, 0.15) is 10.6 Å². The third-order valence-corrected chi connectivity index (χ3v) is 7.20. The van der Waals surface area contributed by atoms with Crippen LogP contribution >= 0.6 is 23.1 Å². The number of methoxy groups -OCH3 is 1. The number of piperidine rings is 1. The van der Waals surface area contributed by atoms with Gasteiger partial charge in [-0.25, -0.2) is 9.37 Å². The Morgan fingerprint density at radius 3 is 2.68 bits per heavy atom. The van der Waals surface area contributed by atoms with Gasteiger partial charge in [0.25, 0.3) is 5.56 Å². The lowest BCUT2D eigenvalue weighted by Crippen LogP contribution is -2.37. The molecule has 0 aliphatic carbocycles. The lowest BCUT2D eigenvalue weighted by atomic mass is 10.1. The van der Waals surface area contributed by atoms with Crippen LogP contribution in [0.5, 0.6) is 0 Å². The Hall–Kier alpha value is -2.23. The number of carbonyl (C=O) groups excluding carboxylic acids is 1. The van der Waals surface area contributed by atoms with Crippen molar-refractivity contribution in [1.29, 1.82) is 0 Å². The fourth-order valence-corrected chi connectivity index (χ4v) is 5.61. The number of ether oxygens (including phenoxy) is 1. The molecule has 0 N–H and O–H groups in total. The Morgan fingerprint density at radius 2 is 1.97 bits per heavy atom. The van der Waals surface area contributed by atoms with Gasteiger partial charge in [0.05, 0.1) is 24.3 Å². The molecular formula is C22H24FN3O3S2. The van der Waals surface area contributed by atoms with Crippen LogP contribution < -0.4 is 5.56 Å². The number of hydrogen-bond acceptors (Lipinski definition) is 6. The maximum Gasteiger partial charge on any atom is 0.263 e. The summed E-state index contributed by atoms with van der Waals surface area (Å²) in [5.41, 5.74) is 1.34. The van der Waals surface area contributed by atoms with Gasteiger partial charge in [-0.15, -0.1) is 11.3 Å². The SMILES string of the molecule is COCCn1c(SCC(=O)N2CCCCC2)nc2scc(-c3ccc(F)cc3)c2c1=O. The van der Waals surface area contributed by atoms with E-state index in [1.165, 1.54) is 41.7 Å². The number of nitrogens with zero attached hydrogens (tertiary/aromatic N) is 3. The van der Waals surface area contributed by atoms with Gasteiger partial charge in [0.15, 0.2) is 5.16 Å². The predicted molar refractivity (Wildman–Crippen MR) is 122 cm³/mol. The maximum atomic E-state index is 13.4. The third kappa shape index (κ3) is 4.83. The van der Waals surface area contributed by atoms with Gasteiger partial charge in [0.2, 0.25) is 5.91 Å². The van der Waals surface area contributed by atoms with E-state index in [-0.39, 0.29) is 23.0 Å². The molecular weight excluding hydrogens is 437 g/mol. The first-order valence-electron chi connectivity index (χ1n) is 10.3. The standard InChI is InChI=1S/C22H24FN3O3S2/c1-29-12-11-26-21(28)19-17(15-5-7-16(23)8-6-15)13-30-20(19)24-22(26)31-14-18(27)25-9-3-2-4-10-25/h5-8,13H,2-4,9-12,14H2,1H3. The van der Waals surface area contributed by atoms with Crippen LogP contribution in [0.2, 0.25) is 0 Å². The molecule has 4 rings (SSSR count). The van der Waals surface area contributed by atoms with E-state index >= 15 is 0 Å². The van der Waals surface area contributed by atoms with E-state index in [0.29, 0.717) is 28.5 Å². The van der Waals surface area contributed by atoms with Crippen LogP contribution in [0.25, 0.3) is 21.3 Å². The van der Waals surface area contributed by atoms with E-state index in [1.54, 1.807) is 23.8 Å². The molecule has 0 unspecified atom stereocenters. The van der Waals surface area contributed by atoms with E-state index < -0.39 is 0 Å². The van der Waals surface area contributed by atoms with Crippen molar-refractivity contribution < 1.29 is 13.9 Å². The third-order valence-electron chi connectivity index (χ3n) is 5.37. The normalized spacial score (nSPS) is 14.3. The van der Waals surface area contributed by atoms with Crippen LogP contribution in [-0.2, 0) is 16.1 Å². The average Bonchev–Trinajstić information content (AvgIpc) is 3.22. The molecule has 1 amide bonds. The Labute approximate surface area is 188 Å². The second-order valence-corrected chi connectivity index (χ2v) is 9.21. The quantitative estimate of drug-likeness (QED) is 0.393. The number of rotatable bonds is 7. The molecule has 1 aromatic carbocycles. The van der Waals surface area contributed by atoms with Gasteiger partial charge >= 0.3 is 0 Å². The van der Waals surface area contributed by atoms with Crippen molar-refractivity contribution in [3.8, 4) is 11.1 Å². The maximum absolute atomic E-state index is 13.4. The fraction of sp³-hybridized carbons (Fsp3) is 0.409. The van der Waals surface area contributed by atoms with E-state index in [2.05, 4.69) is 0 Å². The summed E-state index contributed by atoms with van der Waals surface area (Å²) in [4.78, 5) is 33.2. The fourth-order valence-electron chi connectivity index (χ4n) is 3.70. The topological polar surface area (TPSA) is 64.4 Å². The summed E-state index contributed by atoms with van der Waals surface area (Å²) in [6.45, 7) is 2.30. The van der Waals surface area contributed by atoms with Gasteiger partial charge in [-0.05, 0) is 37.0 Å². The van der Waals surface area contributed by atoms with Gasteiger partial charge < -0.3 is 9.64 Å². The summed E-state index contributed by atoms with van der Waals surface area (Å²) in [7, 11) is 1.58. The number of fused-ring (bicyclic) bond motifs is 1. The number of thiophene rings is 1. The number of halogens is 1. The number of amides is 1. The van der Waals surface area contributed by atoms with Gasteiger partial charge in [-0.1, -0.05) is 23.9 Å². The van der Waals surface area contributed by atoms with Crippen molar-refractivity contribution in [1.82, 2.24) is 14.5 Å². The monoisotopic (exact) mass is 461 g/mol. The number of likely N-dealkylation sites (tertiary alicyclic amines) is 1. The van der Waals surface area contributed by atoms with E-state index in [1.807, 2.05) is 10.3 Å². The Morgan fingerprint density at radius 1 is 1.23 bits per heavy atom. The van der Waals surface area contributed by atoms with Crippen LogP contribution in [0.1, 0.15) is 19.3 Å². The summed E-state index contributed by atoms with van der Waals surface area (Å²) in [6, 6.07) is 6.09. The summed E-state index contributed by atoms with van der Waals surface area (Å²) < 4.78 is 20.1. The predicted octanol–water partition coefficient (Wildman–Crippen LogP) is 4.02. The summed E-state index contributed by atoms with van der Waals surface area (Å²) in [6.07, 6.45) is 3.25. The Bertz CT molecular complexity index is 1120. The van der Waals surface area contributed by atoms with Gasteiger partial charge in [-0.3, -0.25) is 14.2 Å². The zero-order valence-corrected chi connectivity index (χ0v) is 18.9. The largest absolute Gasteiger partial charge is 0.383 e. The number of thioether (sulfide) groups is 1. The molecule has 9 heteroatoms. The summed E-state index contributed by atoms with van der Waals surface area (Å²) in [5, 5.41) is 2.91. The highest BCUT2D eigenvalue weighted by Crippen LogP contribution is 2.32. The second kappa shape index (κ2) is 9.93. The van der Waals surface area contributed by atoms with E-state index in [0.717, 1.165) is 37.1 Å². The molecule has 1 fully saturated rings. The zero-order chi connectivity index (χ0) is 21.8. The van der Waals surface area contributed by atoms with Crippen molar-refractivity contribution in [2.24, 2.45) is 0 Å². The molecule has 1 aliphatic rings. The molecule has 1 aliphatic heterocycles. The second-order valence-electron chi connectivity index (χ2n) is 7.41. The number of carbonyl (C=O) groups is 1. The number of benzene rings is 1. The highest BCUT2D eigenvalue weighted by Gasteiger charge is 2.20. The molecule has 2 aromatic heterocycles. The first-order chi connectivity index (χ1) is 15.1. The first-order valence-corrected chi connectivity index (χ1v) is 12.1. The van der Waals surface area contributed by atoms with E-state index in [4.69, 9.17) is 9.72 Å². The molecule has 0 atom stereocenters. The van der Waals surface area contributed by atoms with Crippen LogP contribution in [0.4, 0.5) is 4.39 Å². The van der Waals surface area contributed by atoms with Gasteiger partial charge in [-0.2, -0.15) is 0 Å². The first kappa shape index (κ1) is 22.0. The van der Waals surface area contributed by atoms with Crippen molar-refractivity contribution in [2.75, 3.05) is 32.6 Å². The molecule has 0 saturated carbocycles. The van der Waals surface area contributed by atoms with Crippen molar-refractivity contribution >= 4 is 39.2 Å². The molecule has 31 heavy (non-hydrogen) atoms. The molecule has 164 valence electrons. The smallest absolute Gasteiger partial charge is 0.263 e. The number of hydrogen-bond donors (Lipinski definition) is 0. The average molecular weight is 462 g/mol. The molecule has 1 saturated heterocycles. The minimum absolute atomic E-state index is 0.0792. The molecule has 3 aromatic rings. The summed E-state index contributed by atoms with van der Waals surface area (Å²) in [5.74, 6) is 0.00713. The van der Waals surface area contributed by atoms with Crippen molar-refractivity contribution in [3.63, 3.8) is 0 Å². The zero-order valence-electron chi connectivity index (χ0n) is 17.3. The molecule has 3 heterocycles. The van der Waals surface area contributed by atoms with Crippen LogP contribution in [-0.4, -0.2) is 52.9 Å². The number of aromatic nitrogens is 2. The Kier molecular flexibility index (Phi) is 7.04. The van der Waals surface area contributed by atoms with Crippen LogP contribution in [0.15, 0.2) is 39.6 Å². The highest BCUT2D eigenvalue weighted by atomic mass is 32.2. The molecule has 0 radical (unpaired) electrons.